The van der Waals surface area contributed by atoms with Gasteiger partial charge in [0.1, 0.15) is 0 Å². The van der Waals surface area contributed by atoms with E-state index in [2.05, 4.69) is 16.2 Å². The van der Waals surface area contributed by atoms with Crippen molar-refractivity contribution in [1.82, 2.24) is 10.9 Å². The van der Waals surface area contributed by atoms with Crippen molar-refractivity contribution in [3.05, 3.63) is 75.8 Å². The third-order valence-electron chi connectivity index (χ3n) is 3.72. The van der Waals surface area contributed by atoms with Crippen LogP contribution in [0.3, 0.4) is 0 Å². The molecule has 0 aliphatic carbocycles. The number of anilines is 1. The number of non-ortho nitro benzene ring substituents is 1. The van der Waals surface area contributed by atoms with E-state index in [4.69, 9.17) is 0 Å². The Bertz CT molecular complexity index is 938. The van der Waals surface area contributed by atoms with E-state index in [1.807, 2.05) is 6.92 Å². The van der Waals surface area contributed by atoms with Crippen molar-refractivity contribution >= 4 is 35.2 Å². The fourth-order valence-electron chi connectivity index (χ4n) is 2.30. The van der Waals surface area contributed by atoms with Crippen molar-refractivity contribution in [2.75, 3.05) is 5.32 Å². The zero-order valence-corrected chi connectivity index (χ0v) is 15.7. The number of nitrogens with zero attached hydrogens (tertiary/aromatic N) is 1. The van der Waals surface area contributed by atoms with Gasteiger partial charge in [-0.3, -0.25) is 35.3 Å². The topological polar surface area (TPSA) is 130 Å². The highest BCUT2D eigenvalue weighted by atomic mass is 16.6. The molecule has 9 heteroatoms. The van der Waals surface area contributed by atoms with Gasteiger partial charge in [0.05, 0.1) is 4.92 Å². The summed E-state index contributed by atoms with van der Waals surface area (Å²) in [5, 5.41) is 13.5. The summed E-state index contributed by atoms with van der Waals surface area (Å²) in [6.45, 7) is 1.90. The molecule has 0 radical (unpaired) electrons. The quantitative estimate of drug-likeness (QED) is 0.376. The maximum Gasteiger partial charge on any atom is 0.270 e. The Labute approximate surface area is 166 Å². The van der Waals surface area contributed by atoms with Crippen LogP contribution in [-0.2, 0) is 9.59 Å². The number of hydrogen-bond acceptors (Lipinski definition) is 5. The van der Waals surface area contributed by atoms with Gasteiger partial charge in [-0.05, 0) is 42.3 Å². The van der Waals surface area contributed by atoms with E-state index >= 15 is 0 Å². The molecule has 9 nitrogen and oxygen atoms in total. The molecule has 2 aromatic carbocycles. The first kappa shape index (κ1) is 21.3. The highest BCUT2D eigenvalue weighted by Crippen LogP contribution is 2.14. The minimum Gasteiger partial charge on any atom is -0.326 e. The molecule has 3 N–H and O–H groups in total. The van der Waals surface area contributed by atoms with Crippen molar-refractivity contribution in [2.45, 2.75) is 19.8 Å². The van der Waals surface area contributed by atoms with Gasteiger partial charge in [-0.25, -0.2) is 0 Å². The molecule has 29 heavy (non-hydrogen) atoms. The highest BCUT2D eigenvalue weighted by molar-refractivity contribution is 5.98. The van der Waals surface area contributed by atoms with Gasteiger partial charge in [-0.2, -0.15) is 0 Å². The average Bonchev–Trinajstić information content (AvgIpc) is 2.71. The summed E-state index contributed by atoms with van der Waals surface area (Å²) < 4.78 is 0. The first-order valence-electron chi connectivity index (χ1n) is 8.82. The highest BCUT2D eigenvalue weighted by Gasteiger charge is 2.08. The number of nitro groups is 1. The number of hydrogen-bond donors (Lipinski definition) is 3. The molecule has 0 heterocycles. The van der Waals surface area contributed by atoms with Crippen molar-refractivity contribution in [3.8, 4) is 0 Å². The minimum absolute atomic E-state index is 0.0878. The van der Waals surface area contributed by atoms with Crippen molar-refractivity contribution in [3.63, 3.8) is 0 Å². The monoisotopic (exact) mass is 396 g/mol. The van der Waals surface area contributed by atoms with Crippen molar-refractivity contribution in [2.24, 2.45) is 0 Å². The van der Waals surface area contributed by atoms with Crippen molar-refractivity contribution in [1.29, 1.82) is 0 Å². The lowest BCUT2D eigenvalue weighted by Gasteiger charge is -2.07. The smallest absolute Gasteiger partial charge is 0.270 e. The molecule has 0 saturated carbocycles. The summed E-state index contributed by atoms with van der Waals surface area (Å²) in [6, 6.07) is 12.0. The van der Waals surface area contributed by atoms with Crippen LogP contribution in [0.4, 0.5) is 11.4 Å². The first-order valence-corrected chi connectivity index (χ1v) is 8.82. The first-order chi connectivity index (χ1) is 13.9. The molecular weight excluding hydrogens is 376 g/mol. The summed E-state index contributed by atoms with van der Waals surface area (Å²) in [5.41, 5.74) is 5.73. The van der Waals surface area contributed by atoms with Crippen LogP contribution >= 0.6 is 0 Å². The molecule has 0 fully saturated rings. The maximum atomic E-state index is 12.1. The van der Waals surface area contributed by atoms with E-state index in [9.17, 15) is 24.5 Å². The van der Waals surface area contributed by atoms with Gasteiger partial charge >= 0.3 is 0 Å². The van der Waals surface area contributed by atoms with Crippen LogP contribution in [0.1, 0.15) is 35.7 Å². The number of nitro benzene ring substituents is 1. The lowest BCUT2D eigenvalue weighted by molar-refractivity contribution is -0.384. The van der Waals surface area contributed by atoms with Crippen LogP contribution in [0.5, 0.6) is 0 Å². The molecule has 0 spiro atoms. The Balaban J connectivity index is 1.86. The molecule has 2 rings (SSSR count). The van der Waals surface area contributed by atoms with Gasteiger partial charge in [-0.15, -0.1) is 0 Å². The number of rotatable bonds is 7. The third kappa shape index (κ3) is 6.90. The van der Waals surface area contributed by atoms with Gasteiger partial charge in [0.2, 0.25) is 5.91 Å². The van der Waals surface area contributed by atoms with E-state index in [0.717, 1.165) is 12.5 Å². The van der Waals surface area contributed by atoms with Gasteiger partial charge in [-0.1, -0.05) is 19.1 Å². The van der Waals surface area contributed by atoms with Crippen LogP contribution < -0.4 is 16.2 Å². The molecular formula is C20H20N4O5. The Morgan fingerprint density at radius 2 is 1.79 bits per heavy atom. The Hall–Kier alpha value is -4.01. The number of carbonyl (C=O) groups excluding carboxylic acids is 3. The van der Waals surface area contributed by atoms with Gasteiger partial charge in [0.15, 0.2) is 0 Å². The predicted octanol–water partition coefficient (Wildman–Crippen LogP) is 2.81. The van der Waals surface area contributed by atoms with E-state index in [1.165, 1.54) is 36.4 Å². The molecule has 3 amide bonds. The second kappa shape index (κ2) is 10.4. The number of carbonyl (C=O) groups is 3. The van der Waals surface area contributed by atoms with Crippen LogP contribution in [0, 0.1) is 10.1 Å². The van der Waals surface area contributed by atoms with E-state index < -0.39 is 16.7 Å². The fraction of sp³-hybridized carbons (Fsp3) is 0.150. The lowest BCUT2D eigenvalue weighted by Crippen LogP contribution is -2.40. The van der Waals surface area contributed by atoms with Crippen LogP contribution in [0.15, 0.2) is 54.6 Å². The molecule has 0 saturated heterocycles. The van der Waals surface area contributed by atoms with E-state index in [-0.39, 0.29) is 11.6 Å². The second-order valence-electron chi connectivity index (χ2n) is 6.00. The Kier molecular flexibility index (Phi) is 7.60. The normalized spacial score (nSPS) is 10.4. The van der Waals surface area contributed by atoms with E-state index in [1.54, 1.807) is 18.2 Å². The zero-order chi connectivity index (χ0) is 21.2. The van der Waals surface area contributed by atoms with Crippen molar-refractivity contribution < 1.29 is 19.3 Å². The zero-order valence-electron chi connectivity index (χ0n) is 15.7. The lowest BCUT2D eigenvalue weighted by atomic mass is 10.2. The summed E-state index contributed by atoms with van der Waals surface area (Å²) in [6.07, 6.45) is 3.69. The second-order valence-corrected chi connectivity index (χ2v) is 6.00. The van der Waals surface area contributed by atoms with Crippen LogP contribution in [-0.4, -0.2) is 22.6 Å². The maximum absolute atomic E-state index is 12.1. The SMILES string of the molecule is CCCC(=O)Nc1ccc(C(=O)NNC(=O)/C=C/c2cccc([N+](=O)[O-])c2)cc1. The molecule has 0 aromatic heterocycles. The Morgan fingerprint density at radius 3 is 2.45 bits per heavy atom. The molecule has 2 aromatic rings. The number of amides is 3. The molecule has 0 aliphatic rings. The fourth-order valence-corrected chi connectivity index (χ4v) is 2.30. The summed E-state index contributed by atoms with van der Waals surface area (Å²) in [5.74, 6) is -1.24. The minimum atomic E-state index is -0.603. The van der Waals surface area contributed by atoms with E-state index in [0.29, 0.717) is 23.2 Å². The molecule has 150 valence electrons. The molecule has 0 unspecified atom stereocenters. The third-order valence-corrected chi connectivity index (χ3v) is 3.72. The standard InChI is InChI=1S/C20H20N4O5/c1-2-4-18(25)21-16-10-8-15(9-11-16)20(27)23-22-19(26)12-7-14-5-3-6-17(13-14)24(28)29/h3,5-13H,2,4H2,1H3,(H,21,25)(H,22,26)(H,23,27)/b12-7+. The summed E-state index contributed by atoms with van der Waals surface area (Å²) in [4.78, 5) is 45.6. The number of hydrazine groups is 1. The van der Waals surface area contributed by atoms with Gasteiger partial charge in [0.25, 0.3) is 17.5 Å². The van der Waals surface area contributed by atoms with Crippen LogP contribution in [0.2, 0.25) is 0 Å². The average molecular weight is 396 g/mol. The predicted molar refractivity (Wildman–Crippen MR) is 108 cm³/mol. The van der Waals surface area contributed by atoms with Crippen LogP contribution in [0.25, 0.3) is 6.08 Å². The summed E-state index contributed by atoms with van der Waals surface area (Å²) >= 11 is 0. The number of benzene rings is 2. The molecule has 0 aliphatic heterocycles. The molecule has 0 bridgehead atoms. The van der Waals surface area contributed by atoms with Gasteiger partial charge in [0, 0.05) is 35.9 Å². The van der Waals surface area contributed by atoms with Gasteiger partial charge < -0.3 is 5.32 Å². The number of nitrogens with one attached hydrogen (secondary N) is 3. The summed E-state index contributed by atoms with van der Waals surface area (Å²) in [7, 11) is 0. The largest absolute Gasteiger partial charge is 0.326 e. The molecule has 0 atom stereocenters. The Morgan fingerprint density at radius 1 is 1.07 bits per heavy atom.